The Morgan fingerprint density at radius 3 is 2.38 bits per heavy atom. The van der Waals surface area contributed by atoms with E-state index in [2.05, 4.69) is 10.5 Å². The lowest BCUT2D eigenvalue weighted by Crippen LogP contribution is -2.17. The first-order chi connectivity index (χ1) is 20.2. The van der Waals surface area contributed by atoms with Crippen molar-refractivity contribution in [2.45, 2.75) is 18.4 Å². The molecule has 0 aliphatic rings. The molecule has 0 aliphatic heterocycles. The van der Waals surface area contributed by atoms with Crippen LogP contribution in [-0.2, 0) is 16.7 Å². The molecule has 1 N–H and O–H groups in total. The fourth-order valence-corrected chi connectivity index (χ4v) is 5.63. The molecule has 9 nitrogen and oxygen atoms in total. The maximum atomic E-state index is 12.8. The van der Waals surface area contributed by atoms with Crippen LogP contribution < -0.4 is 23.8 Å². The van der Waals surface area contributed by atoms with Gasteiger partial charge in [0.15, 0.2) is 23.0 Å². The Morgan fingerprint density at radius 2 is 1.69 bits per heavy atom. The number of amides is 1. The van der Waals surface area contributed by atoms with Crippen LogP contribution >= 0.6 is 34.2 Å². The Labute approximate surface area is 262 Å². The van der Waals surface area contributed by atoms with Gasteiger partial charge in [-0.05, 0) is 95.2 Å². The van der Waals surface area contributed by atoms with Crippen LogP contribution in [0.3, 0.4) is 0 Å². The van der Waals surface area contributed by atoms with Crippen molar-refractivity contribution in [2.24, 2.45) is 5.10 Å². The molecule has 4 aromatic carbocycles. The molecule has 42 heavy (non-hydrogen) atoms. The molecule has 0 saturated carbocycles. The van der Waals surface area contributed by atoms with Crippen molar-refractivity contribution in [1.82, 2.24) is 5.43 Å². The van der Waals surface area contributed by atoms with Gasteiger partial charge in [-0.15, -0.1) is 0 Å². The summed E-state index contributed by atoms with van der Waals surface area (Å²) in [6, 6.07) is 23.4. The van der Waals surface area contributed by atoms with E-state index in [0.717, 1.165) is 5.56 Å². The summed E-state index contributed by atoms with van der Waals surface area (Å²) in [5.74, 6) is 0.677. The van der Waals surface area contributed by atoms with Gasteiger partial charge in [0.1, 0.15) is 11.5 Å². The summed E-state index contributed by atoms with van der Waals surface area (Å²) in [4.78, 5) is 12.7. The Balaban J connectivity index is 1.46. The van der Waals surface area contributed by atoms with Crippen molar-refractivity contribution in [3.63, 3.8) is 0 Å². The average molecular weight is 721 g/mol. The van der Waals surface area contributed by atoms with Crippen molar-refractivity contribution in [1.29, 1.82) is 0 Å². The number of ether oxygens (including phenoxy) is 3. The van der Waals surface area contributed by atoms with Crippen LogP contribution in [0, 0.1) is 3.57 Å². The average Bonchev–Trinajstić information content (AvgIpc) is 2.98. The highest BCUT2D eigenvalue weighted by atomic mass is 127. The first-order valence-corrected chi connectivity index (χ1v) is 15.4. The van der Waals surface area contributed by atoms with E-state index in [1.165, 1.54) is 37.6 Å². The molecular formula is C30H26ClIN2O7S. The van der Waals surface area contributed by atoms with E-state index < -0.39 is 16.0 Å². The fourth-order valence-electron chi connectivity index (χ4n) is 3.66. The van der Waals surface area contributed by atoms with Gasteiger partial charge in [-0.2, -0.15) is 13.5 Å². The van der Waals surface area contributed by atoms with Crippen LogP contribution in [0.1, 0.15) is 28.4 Å². The third-order valence-electron chi connectivity index (χ3n) is 5.67. The van der Waals surface area contributed by atoms with E-state index in [-0.39, 0.29) is 23.0 Å². The van der Waals surface area contributed by atoms with Gasteiger partial charge in [0.05, 0.1) is 23.5 Å². The van der Waals surface area contributed by atoms with Gasteiger partial charge in [-0.3, -0.25) is 4.79 Å². The van der Waals surface area contributed by atoms with Crippen LogP contribution in [0.25, 0.3) is 0 Å². The third kappa shape index (κ3) is 8.14. The highest BCUT2D eigenvalue weighted by molar-refractivity contribution is 14.1. The quantitative estimate of drug-likeness (QED) is 0.0774. The molecule has 218 valence electrons. The van der Waals surface area contributed by atoms with Gasteiger partial charge in [0, 0.05) is 10.6 Å². The van der Waals surface area contributed by atoms with Gasteiger partial charge in [0.25, 0.3) is 5.91 Å². The maximum Gasteiger partial charge on any atom is 0.339 e. The van der Waals surface area contributed by atoms with Crippen molar-refractivity contribution in [2.75, 3.05) is 13.7 Å². The second kappa shape index (κ2) is 14.4. The second-order valence-electron chi connectivity index (χ2n) is 8.59. The summed E-state index contributed by atoms with van der Waals surface area (Å²) in [6.07, 6.45) is 1.41. The molecule has 0 aliphatic carbocycles. The lowest BCUT2D eigenvalue weighted by Gasteiger charge is -2.14. The first-order valence-electron chi connectivity index (χ1n) is 12.5. The monoisotopic (exact) mass is 720 g/mol. The van der Waals surface area contributed by atoms with E-state index >= 15 is 0 Å². The highest BCUT2D eigenvalue weighted by Gasteiger charge is 2.22. The summed E-state index contributed by atoms with van der Waals surface area (Å²) in [5, 5.41) is 4.45. The molecule has 0 aromatic heterocycles. The number of hydrogen-bond acceptors (Lipinski definition) is 8. The van der Waals surface area contributed by atoms with Gasteiger partial charge in [-0.25, -0.2) is 5.43 Å². The number of benzene rings is 4. The molecule has 0 fully saturated rings. The van der Waals surface area contributed by atoms with Crippen molar-refractivity contribution in [3.05, 3.63) is 110 Å². The molecule has 0 unspecified atom stereocenters. The smallest absolute Gasteiger partial charge is 0.339 e. The van der Waals surface area contributed by atoms with E-state index in [1.807, 2.05) is 52.9 Å². The minimum Gasteiger partial charge on any atom is -0.493 e. The first kappa shape index (κ1) is 31.1. The lowest BCUT2D eigenvalue weighted by atomic mass is 10.2. The van der Waals surface area contributed by atoms with Gasteiger partial charge >= 0.3 is 10.1 Å². The van der Waals surface area contributed by atoms with Gasteiger partial charge in [0.2, 0.25) is 0 Å². The van der Waals surface area contributed by atoms with Crippen molar-refractivity contribution < 1.29 is 31.6 Å². The number of carbonyl (C=O) groups excluding carboxylic acids is 1. The molecule has 4 aromatic rings. The normalized spacial score (nSPS) is 11.2. The minimum absolute atomic E-state index is 0.0373. The number of methoxy groups -OCH3 is 1. The zero-order valence-corrected chi connectivity index (χ0v) is 26.3. The summed E-state index contributed by atoms with van der Waals surface area (Å²) in [6.45, 7) is 2.38. The molecule has 0 heterocycles. The summed E-state index contributed by atoms with van der Waals surface area (Å²) >= 11 is 7.82. The van der Waals surface area contributed by atoms with E-state index in [0.29, 0.717) is 37.8 Å². The highest BCUT2D eigenvalue weighted by Crippen LogP contribution is 2.36. The van der Waals surface area contributed by atoms with Gasteiger partial charge < -0.3 is 18.4 Å². The summed E-state index contributed by atoms with van der Waals surface area (Å²) < 4.78 is 48.5. The van der Waals surface area contributed by atoms with Crippen LogP contribution in [0.15, 0.2) is 94.9 Å². The van der Waals surface area contributed by atoms with Crippen LogP contribution in [0.2, 0.25) is 5.02 Å². The molecule has 0 spiro atoms. The van der Waals surface area contributed by atoms with Crippen LogP contribution in [-0.4, -0.2) is 34.3 Å². The zero-order valence-electron chi connectivity index (χ0n) is 22.5. The SMILES string of the molecule is CCOc1cc(/C=N/NC(=O)c2ccc(OCc3ccccc3)c(OC)c2)cc(I)c1OS(=O)(=O)c1ccc(Cl)cc1. The maximum absolute atomic E-state index is 12.8. The molecule has 0 saturated heterocycles. The molecule has 1 amide bonds. The Bertz CT molecular complexity index is 1680. The van der Waals surface area contributed by atoms with Crippen molar-refractivity contribution in [3.8, 4) is 23.0 Å². The molecule has 0 atom stereocenters. The van der Waals surface area contributed by atoms with E-state index in [9.17, 15) is 13.2 Å². The summed E-state index contributed by atoms with van der Waals surface area (Å²) in [7, 11) is -2.65. The number of carbonyl (C=O) groups is 1. The molecule has 0 radical (unpaired) electrons. The number of hydrogen-bond donors (Lipinski definition) is 1. The van der Waals surface area contributed by atoms with E-state index in [1.54, 1.807) is 37.3 Å². The molecule has 12 heteroatoms. The standard InChI is InChI=1S/C30H26ClIN2O7S/c1-3-39-28-16-21(15-25(32)29(28)41-42(36,37)24-12-10-23(31)11-13-24)18-33-34-30(35)22-9-14-26(27(17-22)38-2)40-19-20-7-5-4-6-8-20/h4-18H,3,19H2,1-2H3,(H,34,35)/b33-18+. The molecular weight excluding hydrogens is 695 g/mol. The number of hydrazone groups is 1. The van der Waals surface area contributed by atoms with Crippen LogP contribution in [0.4, 0.5) is 0 Å². The largest absolute Gasteiger partial charge is 0.493 e. The topological polar surface area (TPSA) is 113 Å². The Morgan fingerprint density at radius 1 is 0.952 bits per heavy atom. The third-order valence-corrected chi connectivity index (χ3v) is 7.96. The molecule has 0 bridgehead atoms. The van der Waals surface area contributed by atoms with Crippen LogP contribution in [0.5, 0.6) is 23.0 Å². The summed E-state index contributed by atoms with van der Waals surface area (Å²) in [5.41, 5.74) is 4.34. The Kier molecular flexibility index (Phi) is 10.7. The predicted molar refractivity (Wildman–Crippen MR) is 168 cm³/mol. The zero-order chi connectivity index (χ0) is 30.1. The number of nitrogens with zero attached hydrogens (tertiary/aromatic N) is 1. The molecule has 4 rings (SSSR count). The van der Waals surface area contributed by atoms with Gasteiger partial charge in [-0.1, -0.05) is 41.9 Å². The lowest BCUT2D eigenvalue weighted by molar-refractivity contribution is 0.0954. The Hall–Kier alpha value is -3.81. The van der Waals surface area contributed by atoms with E-state index in [4.69, 9.17) is 30.0 Å². The fraction of sp³-hybridized carbons (Fsp3) is 0.133. The predicted octanol–water partition coefficient (Wildman–Crippen LogP) is 6.46. The number of rotatable bonds is 12. The number of nitrogens with one attached hydrogen (secondary N) is 1. The minimum atomic E-state index is -4.15. The number of halogens is 2. The second-order valence-corrected chi connectivity index (χ2v) is 11.7. The van der Waals surface area contributed by atoms with Crippen molar-refractivity contribution >= 4 is 56.4 Å².